The summed E-state index contributed by atoms with van der Waals surface area (Å²) in [6.45, 7) is 15.5. The highest BCUT2D eigenvalue weighted by molar-refractivity contribution is 5.89. The minimum atomic E-state index is -0.695. The van der Waals surface area contributed by atoms with E-state index in [0.717, 1.165) is 62.7 Å². The number of rotatable bonds is 5. The van der Waals surface area contributed by atoms with Crippen LogP contribution in [0.25, 0.3) is 0 Å². The second-order valence-electron chi connectivity index (χ2n) is 14.8. The molecule has 0 heterocycles. The minimum absolute atomic E-state index is 0.0169. The maximum absolute atomic E-state index is 12.9. The van der Waals surface area contributed by atoms with Gasteiger partial charge in [0.2, 0.25) is 0 Å². The van der Waals surface area contributed by atoms with Crippen LogP contribution < -0.4 is 0 Å². The molecule has 3 N–H and O–H groups in total. The van der Waals surface area contributed by atoms with E-state index in [0.29, 0.717) is 37.2 Å². The molecule has 0 amide bonds. The molecule has 38 heavy (non-hydrogen) atoms. The van der Waals surface area contributed by atoms with Crippen molar-refractivity contribution in [1.29, 1.82) is 5.41 Å². The van der Waals surface area contributed by atoms with E-state index >= 15 is 0 Å². The summed E-state index contributed by atoms with van der Waals surface area (Å²) in [6.07, 6.45) is 9.08. The average molecular weight is 528 g/mol. The third kappa shape index (κ3) is 3.43. The fourth-order valence-corrected chi connectivity index (χ4v) is 11.6. The molecule has 0 aliphatic heterocycles. The molecule has 212 valence electrons. The van der Waals surface area contributed by atoms with Gasteiger partial charge in [-0.2, -0.15) is 0 Å². The van der Waals surface area contributed by atoms with Gasteiger partial charge < -0.3 is 20.4 Å². The smallest absolute Gasteiger partial charge is 0.309 e. The molecule has 0 aromatic carbocycles. The molecule has 0 radical (unpaired) electrons. The summed E-state index contributed by atoms with van der Waals surface area (Å²) < 4.78 is 5.58. The van der Waals surface area contributed by atoms with Gasteiger partial charge in [-0.15, -0.1) is 0 Å². The number of carbonyl (C=O) groups excluding carboxylic acids is 1. The van der Waals surface area contributed by atoms with E-state index in [1.807, 2.05) is 0 Å². The third-order valence-corrected chi connectivity index (χ3v) is 13.8. The first-order valence-corrected chi connectivity index (χ1v) is 14.9. The fraction of sp³-hybridized carbons (Fsp3) is 0.844. The zero-order valence-electron chi connectivity index (χ0n) is 24.2. The Hall–Kier alpha value is -1.69. The summed E-state index contributed by atoms with van der Waals surface area (Å²) >= 11 is 0. The van der Waals surface area contributed by atoms with E-state index in [-0.39, 0.29) is 40.7 Å². The van der Waals surface area contributed by atoms with Gasteiger partial charge >= 0.3 is 11.9 Å². The van der Waals surface area contributed by atoms with E-state index < -0.39 is 16.8 Å². The number of esters is 1. The molecule has 6 nitrogen and oxygen atoms in total. The molecule has 0 saturated heterocycles. The molecule has 0 aromatic rings. The number of fused-ring (bicyclic) bond motifs is 7. The van der Waals surface area contributed by atoms with E-state index in [1.54, 1.807) is 0 Å². The van der Waals surface area contributed by atoms with E-state index in [9.17, 15) is 19.8 Å². The predicted molar refractivity (Wildman–Crippen MR) is 147 cm³/mol. The SMILES string of the molecule is C=C(CO)[C@@H]1CC[C@]2(C(=O)O)CC[C@]3(C)[C@H](CC[C@@H]4[C@@]5(C)CCC(=N)C(C)(COC(C)=O)[C@@H]5CC[C@]43C)[C@@H]12. The molecule has 5 fully saturated rings. The molecule has 1 unspecified atom stereocenters. The molecule has 0 bridgehead atoms. The largest absolute Gasteiger partial charge is 0.481 e. The van der Waals surface area contributed by atoms with E-state index in [1.165, 1.54) is 6.92 Å². The van der Waals surface area contributed by atoms with E-state index in [4.69, 9.17) is 10.1 Å². The number of hydrogen-bond acceptors (Lipinski definition) is 5. The van der Waals surface area contributed by atoms with Gasteiger partial charge in [0.15, 0.2) is 0 Å². The van der Waals surface area contributed by atoms with Crippen molar-refractivity contribution in [3.05, 3.63) is 12.2 Å². The summed E-state index contributed by atoms with van der Waals surface area (Å²) in [6, 6.07) is 0. The lowest BCUT2D eigenvalue weighted by molar-refractivity contribution is -0.233. The van der Waals surface area contributed by atoms with E-state index in [2.05, 4.69) is 34.3 Å². The topological polar surface area (TPSA) is 108 Å². The molecule has 5 rings (SSSR count). The number of aliphatic carboxylic acids is 1. The van der Waals surface area contributed by atoms with Crippen LogP contribution in [0.15, 0.2) is 12.2 Å². The van der Waals surface area contributed by atoms with Crippen LogP contribution >= 0.6 is 0 Å². The molecular formula is C32H49NO5. The zero-order valence-corrected chi connectivity index (χ0v) is 24.2. The third-order valence-electron chi connectivity index (χ3n) is 13.8. The number of carboxylic acid groups (broad SMARTS) is 1. The predicted octanol–water partition coefficient (Wildman–Crippen LogP) is 6.26. The first-order chi connectivity index (χ1) is 17.7. The highest BCUT2D eigenvalue weighted by Crippen LogP contribution is 2.77. The Morgan fingerprint density at radius 1 is 0.974 bits per heavy atom. The van der Waals surface area contributed by atoms with Crippen LogP contribution in [0.3, 0.4) is 0 Å². The number of aliphatic hydroxyl groups excluding tert-OH is 1. The van der Waals surface area contributed by atoms with Gasteiger partial charge in [0.25, 0.3) is 0 Å². The molecule has 0 spiro atoms. The zero-order chi connectivity index (χ0) is 27.9. The van der Waals surface area contributed by atoms with Crippen LogP contribution in [0.5, 0.6) is 0 Å². The lowest BCUT2D eigenvalue weighted by Gasteiger charge is -2.72. The van der Waals surface area contributed by atoms with Gasteiger partial charge in [-0.3, -0.25) is 9.59 Å². The normalized spacial score (nSPS) is 49.7. The summed E-state index contributed by atoms with van der Waals surface area (Å²) in [4.78, 5) is 24.6. The van der Waals surface area contributed by atoms with Crippen LogP contribution in [0.4, 0.5) is 0 Å². The summed E-state index contributed by atoms with van der Waals surface area (Å²) in [5, 5.41) is 29.5. The van der Waals surface area contributed by atoms with Gasteiger partial charge in [0.05, 0.1) is 12.0 Å². The molecule has 0 aromatic heterocycles. The fourth-order valence-electron chi connectivity index (χ4n) is 11.6. The van der Waals surface area contributed by atoms with Gasteiger partial charge in [0, 0.05) is 18.1 Å². The Kier molecular flexibility index (Phi) is 6.53. The number of ether oxygens (including phenoxy) is 1. The number of aliphatic hydroxyl groups is 1. The van der Waals surface area contributed by atoms with Crippen molar-refractivity contribution >= 4 is 17.7 Å². The Bertz CT molecular complexity index is 1050. The Labute approximate surface area is 228 Å². The maximum Gasteiger partial charge on any atom is 0.309 e. The number of hydrogen-bond donors (Lipinski definition) is 3. The standard InChI is InChI=1S/C32H49NO5/c1-19(17-34)21-9-14-32(27(36)37)16-15-30(5)22(26(21)32)7-8-24-28(3)12-11-25(33)29(4,18-38-20(2)35)23(28)10-13-31(24,30)6/h21-24,26,33-34H,1,7-18H2,2-6H3,(H,36,37)/t21-,22+,23+,24+,26+,28-,29?,30+,31+,32-/m0/s1. The van der Waals surface area contributed by atoms with Crippen LogP contribution in [0.1, 0.15) is 98.8 Å². The molecule has 5 aliphatic rings. The summed E-state index contributed by atoms with van der Waals surface area (Å²) in [5.74, 6) is 0.277. The number of nitrogens with one attached hydrogen (secondary N) is 1. The van der Waals surface area contributed by atoms with Crippen molar-refractivity contribution < 1.29 is 24.5 Å². The van der Waals surface area contributed by atoms with Crippen molar-refractivity contribution in [1.82, 2.24) is 0 Å². The molecule has 6 heteroatoms. The van der Waals surface area contributed by atoms with Crippen molar-refractivity contribution in [2.24, 2.45) is 56.7 Å². The van der Waals surface area contributed by atoms with Crippen LogP contribution in [0, 0.1) is 62.1 Å². The highest BCUT2D eigenvalue weighted by Gasteiger charge is 2.72. The maximum atomic E-state index is 12.9. The van der Waals surface area contributed by atoms with Crippen molar-refractivity contribution in [2.45, 2.75) is 98.8 Å². The lowest BCUT2D eigenvalue weighted by Crippen LogP contribution is -2.67. The van der Waals surface area contributed by atoms with Crippen molar-refractivity contribution in [3.8, 4) is 0 Å². The van der Waals surface area contributed by atoms with Gasteiger partial charge in [-0.05, 0) is 116 Å². The molecular weight excluding hydrogens is 478 g/mol. The molecule has 5 aliphatic carbocycles. The van der Waals surface area contributed by atoms with Crippen molar-refractivity contribution in [3.63, 3.8) is 0 Å². The monoisotopic (exact) mass is 527 g/mol. The first-order valence-electron chi connectivity index (χ1n) is 14.9. The Morgan fingerprint density at radius 3 is 2.32 bits per heavy atom. The van der Waals surface area contributed by atoms with Gasteiger partial charge in [-0.25, -0.2) is 0 Å². The Balaban J connectivity index is 1.53. The number of carbonyl (C=O) groups is 2. The second kappa shape index (κ2) is 8.91. The minimum Gasteiger partial charge on any atom is -0.481 e. The second-order valence-corrected chi connectivity index (χ2v) is 14.8. The highest BCUT2D eigenvalue weighted by atomic mass is 16.5. The quantitative estimate of drug-likeness (QED) is 0.289. The Morgan fingerprint density at radius 2 is 1.68 bits per heavy atom. The average Bonchev–Trinajstić information content (AvgIpc) is 3.26. The van der Waals surface area contributed by atoms with Gasteiger partial charge in [-0.1, -0.05) is 34.3 Å². The molecule has 5 saturated carbocycles. The number of carboxylic acids is 1. The summed E-state index contributed by atoms with van der Waals surface area (Å²) in [7, 11) is 0. The van der Waals surface area contributed by atoms with Crippen LogP contribution in [-0.4, -0.2) is 41.1 Å². The van der Waals surface area contributed by atoms with Gasteiger partial charge in [0.1, 0.15) is 6.61 Å². The van der Waals surface area contributed by atoms with Crippen LogP contribution in [-0.2, 0) is 14.3 Å². The molecule has 10 atom stereocenters. The summed E-state index contributed by atoms with van der Waals surface area (Å²) in [5.41, 5.74) is 0.552. The first kappa shape index (κ1) is 27.9. The van der Waals surface area contributed by atoms with Crippen LogP contribution in [0.2, 0.25) is 0 Å². The lowest BCUT2D eigenvalue weighted by atomic mass is 9.32. The van der Waals surface area contributed by atoms with Crippen molar-refractivity contribution in [2.75, 3.05) is 13.2 Å².